The fraction of sp³-hybridized carbons (Fsp3) is 0.600. The lowest BCUT2D eigenvalue weighted by Crippen LogP contribution is -2.12. The standard InChI is InChI=1S/C10H16O/c1-4-10(2,3)8-9-6-5-7-11-9/h5-7H,4,8H2,1-3H3. The molecule has 0 aliphatic heterocycles. The summed E-state index contributed by atoms with van der Waals surface area (Å²) in [4.78, 5) is 0. The first-order chi connectivity index (χ1) is 5.14. The zero-order valence-electron chi connectivity index (χ0n) is 7.55. The normalized spacial score (nSPS) is 11.9. The molecular weight excluding hydrogens is 136 g/mol. The van der Waals surface area contributed by atoms with Crippen LogP contribution in [0.5, 0.6) is 0 Å². The van der Waals surface area contributed by atoms with Crippen LogP contribution in [0.25, 0.3) is 0 Å². The van der Waals surface area contributed by atoms with Crippen LogP contribution in [0.15, 0.2) is 22.8 Å². The molecule has 11 heavy (non-hydrogen) atoms. The van der Waals surface area contributed by atoms with Gasteiger partial charge in [0.1, 0.15) is 5.76 Å². The van der Waals surface area contributed by atoms with Gasteiger partial charge in [-0.25, -0.2) is 0 Å². The van der Waals surface area contributed by atoms with Gasteiger partial charge in [-0.15, -0.1) is 0 Å². The molecule has 0 aliphatic rings. The van der Waals surface area contributed by atoms with Gasteiger partial charge in [0.05, 0.1) is 6.26 Å². The van der Waals surface area contributed by atoms with E-state index in [0.29, 0.717) is 5.41 Å². The van der Waals surface area contributed by atoms with Crippen LogP contribution in [0.1, 0.15) is 33.0 Å². The van der Waals surface area contributed by atoms with Crippen molar-refractivity contribution in [2.45, 2.75) is 33.6 Å². The summed E-state index contributed by atoms with van der Waals surface area (Å²) in [5, 5.41) is 0. The first-order valence-corrected chi connectivity index (χ1v) is 4.16. The van der Waals surface area contributed by atoms with Gasteiger partial charge in [-0.2, -0.15) is 0 Å². The maximum absolute atomic E-state index is 5.27. The van der Waals surface area contributed by atoms with Crippen LogP contribution in [-0.2, 0) is 6.42 Å². The molecule has 0 bridgehead atoms. The Kier molecular flexibility index (Phi) is 2.38. The summed E-state index contributed by atoms with van der Waals surface area (Å²) < 4.78 is 5.27. The molecule has 0 spiro atoms. The third-order valence-electron chi connectivity index (χ3n) is 2.19. The van der Waals surface area contributed by atoms with Crippen molar-refractivity contribution in [1.82, 2.24) is 0 Å². The van der Waals surface area contributed by atoms with Gasteiger partial charge in [0.25, 0.3) is 0 Å². The second-order valence-electron chi connectivity index (χ2n) is 3.77. The van der Waals surface area contributed by atoms with E-state index in [9.17, 15) is 0 Å². The minimum atomic E-state index is 0.373. The first kappa shape index (κ1) is 8.38. The molecule has 0 unspecified atom stereocenters. The predicted octanol–water partition coefficient (Wildman–Crippen LogP) is 3.26. The van der Waals surface area contributed by atoms with Gasteiger partial charge >= 0.3 is 0 Å². The molecule has 0 saturated carbocycles. The van der Waals surface area contributed by atoms with Gasteiger partial charge in [0.2, 0.25) is 0 Å². The average molecular weight is 152 g/mol. The van der Waals surface area contributed by atoms with E-state index in [1.54, 1.807) is 6.26 Å². The van der Waals surface area contributed by atoms with Crippen LogP contribution in [-0.4, -0.2) is 0 Å². The Morgan fingerprint density at radius 1 is 1.45 bits per heavy atom. The molecule has 0 saturated heterocycles. The molecule has 0 atom stereocenters. The highest BCUT2D eigenvalue weighted by molar-refractivity contribution is 5.00. The van der Waals surface area contributed by atoms with Crippen molar-refractivity contribution < 1.29 is 4.42 Å². The number of rotatable bonds is 3. The van der Waals surface area contributed by atoms with Crippen molar-refractivity contribution in [1.29, 1.82) is 0 Å². The highest BCUT2D eigenvalue weighted by Gasteiger charge is 2.16. The van der Waals surface area contributed by atoms with Crippen molar-refractivity contribution in [3.63, 3.8) is 0 Å². The second-order valence-corrected chi connectivity index (χ2v) is 3.77. The number of hydrogen-bond acceptors (Lipinski definition) is 1. The Morgan fingerprint density at radius 2 is 2.18 bits per heavy atom. The summed E-state index contributed by atoms with van der Waals surface area (Å²) in [7, 11) is 0. The van der Waals surface area contributed by atoms with Gasteiger partial charge in [0, 0.05) is 6.42 Å². The van der Waals surface area contributed by atoms with Crippen molar-refractivity contribution in [3.05, 3.63) is 24.2 Å². The molecule has 62 valence electrons. The molecule has 0 aromatic carbocycles. The molecule has 0 radical (unpaired) electrons. The van der Waals surface area contributed by atoms with Gasteiger partial charge < -0.3 is 4.42 Å². The molecular formula is C10H16O. The molecule has 0 N–H and O–H groups in total. The lowest BCUT2D eigenvalue weighted by atomic mass is 9.86. The lowest BCUT2D eigenvalue weighted by Gasteiger charge is -2.20. The van der Waals surface area contributed by atoms with Crippen molar-refractivity contribution in [3.8, 4) is 0 Å². The molecule has 0 aliphatic carbocycles. The Morgan fingerprint density at radius 3 is 2.64 bits per heavy atom. The smallest absolute Gasteiger partial charge is 0.104 e. The van der Waals surface area contributed by atoms with E-state index in [4.69, 9.17) is 4.42 Å². The summed E-state index contributed by atoms with van der Waals surface area (Å²) >= 11 is 0. The Bertz CT molecular complexity index is 197. The van der Waals surface area contributed by atoms with E-state index in [1.165, 1.54) is 6.42 Å². The van der Waals surface area contributed by atoms with Crippen LogP contribution in [0, 0.1) is 5.41 Å². The van der Waals surface area contributed by atoms with E-state index in [2.05, 4.69) is 20.8 Å². The fourth-order valence-electron chi connectivity index (χ4n) is 1.01. The molecule has 1 aromatic heterocycles. The van der Waals surface area contributed by atoms with Crippen molar-refractivity contribution >= 4 is 0 Å². The molecule has 1 aromatic rings. The summed E-state index contributed by atoms with van der Waals surface area (Å²) in [6, 6.07) is 3.98. The van der Waals surface area contributed by atoms with Crippen LogP contribution >= 0.6 is 0 Å². The van der Waals surface area contributed by atoms with E-state index >= 15 is 0 Å². The minimum Gasteiger partial charge on any atom is -0.469 e. The fourth-order valence-corrected chi connectivity index (χ4v) is 1.01. The van der Waals surface area contributed by atoms with Crippen molar-refractivity contribution in [2.24, 2.45) is 5.41 Å². The van der Waals surface area contributed by atoms with E-state index in [0.717, 1.165) is 12.2 Å². The SMILES string of the molecule is CCC(C)(C)Cc1ccco1. The monoisotopic (exact) mass is 152 g/mol. The third kappa shape index (κ3) is 2.41. The van der Waals surface area contributed by atoms with Crippen LogP contribution in [0.3, 0.4) is 0 Å². The Labute approximate surface area is 68.4 Å². The summed E-state index contributed by atoms with van der Waals surface area (Å²) in [5.41, 5.74) is 0.373. The molecule has 1 heterocycles. The second kappa shape index (κ2) is 3.12. The van der Waals surface area contributed by atoms with Crippen molar-refractivity contribution in [2.75, 3.05) is 0 Å². The lowest BCUT2D eigenvalue weighted by molar-refractivity contribution is 0.317. The summed E-state index contributed by atoms with van der Waals surface area (Å²) in [5.74, 6) is 1.09. The number of furan rings is 1. The van der Waals surface area contributed by atoms with Gasteiger partial charge in [-0.1, -0.05) is 27.2 Å². The summed E-state index contributed by atoms with van der Waals surface area (Å²) in [6.07, 6.45) is 3.96. The molecule has 0 amide bonds. The topological polar surface area (TPSA) is 13.1 Å². The third-order valence-corrected chi connectivity index (χ3v) is 2.19. The minimum absolute atomic E-state index is 0.373. The molecule has 1 heteroatoms. The van der Waals surface area contributed by atoms with Gasteiger partial charge in [0.15, 0.2) is 0 Å². The first-order valence-electron chi connectivity index (χ1n) is 4.16. The van der Waals surface area contributed by atoms with E-state index in [1.807, 2.05) is 12.1 Å². The zero-order valence-corrected chi connectivity index (χ0v) is 7.55. The summed E-state index contributed by atoms with van der Waals surface area (Å²) in [6.45, 7) is 6.73. The van der Waals surface area contributed by atoms with Crippen LogP contribution in [0.4, 0.5) is 0 Å². The van der Waals surface area contributed by atoms with Gasteiger partial charge in [-0.3, -0.25) is 0 Å². The highest BCUT2D eigenvalue weighted by Crippen LogP contribution is 2.25. The van der Waals surface area contributed by atoms with E-state index < -0.39 is 0 Å². The van der Waals surface area contributed by atoms with Crippen LogP contribution < -0.4 is 0 Å². The van der Waals surface area contributed by atoms with Crippen LogP contribution in [0.2, 0.25) is 0 Å². The van der Waals surface area contributed by atoms with Gasteiger partial charge in [-0.05, 0) is 17.5 Å². The molecule has 1 nitrogen and oxygen atoms in total. The molecule has 0 fully saturated rings. The Balaban J connectivity index is 2.56. The quantitative estimate of drug-likeness (QED) is 0.648. The maximum atomic E-state index is 5.27. The highest BCUT2D eigenvalue weighted by atomic mass is 16.3. The van der Waals surface area contributed by atoms with E-state index in [-0.39, 0.29) is 0 Å². The largest absolute Gasteiger partial charge is 0.469 e. The zero-order chi connectivity index (χ0) is 8.32. The maximum Gasteiger partial charge on any atom is 0.104 e. The predicted molar refractivity (Wildman–Crippen MR) is 46.5 cm³/mol. The Hall–Kier alpha value is -0.720. The average Bonchev–Trinajstić information content (AvgIpc) is 2.39. The number of hydrogen-bond donors (Lipinski definition) is 0. The molecule has 1 rings (SSSR count).